The molecule has 1 atom stereocenters. The summed E-state index contributed by atoms with van der Waals surface area (Å²) in [7, 11) is 0. The van der Waals surface area contributed by atoms with Gasteiger partial charge in [0, 0.05) is 27.0 Å². The van der Waals surface area contributed by atoms with Gasteiger partial charge in [-0.05, 0) is 42.8 Å². The van der Waals surface area contributed by atoms with Crippen LogP contribution in [0.4, 0.5) is 5.69 Å². The highest BCUT2D eigenvalue weighted by atomic mass is 35.5. The van der Waals surface area contributed by atoms with Gasteiger partial charge in [-0.25, -0.2) is 0 Å². The van der Waals surface area contributed by atoms with Crippen molar-refractivity contribution in [2.45, 2.75) is 13.0 Å². The molecule has 4 nitrogen and oxygen atoms in total. The van der Waals surface area contributed by atoms with Gasteiger partial charge >= 0.3 is 0 Å². The Morgan fingerprint density at radius 1 is 1.12 bits per heavy atom. The lowest BCUT2D eigenvalue weighted by Gasteiger charge is -2.17. The van der Waals surface area contributed by atoms with Crippen LogP contribution in [0.3, 0.4) is 0 Å². The van der Waals surface area contributed by atoms with E-state index in [2.05, 4.69) is 23.3 Å². The summed E-state index contributed by atoms with van der Waals surface area (Å²) in [6.45, 7) is 1.93. The Morgan fingerprint density at radius 2 is 1.79 bits per heavy atom. The first kappa shape index (κ1) is 18.6. The molecule has 7 heteroatoms. The van der Waals surface area contributed by atoms with Crippen LogP contribution in [0.2, 0.25) is 10.0 Å². The van der Waals surface area contributed by atoms with Gasteiger partial charge in [0.25, 0.3) is 5.91 Å². The molecule has 0 saturated carbocycles. The molecule has 0 aliphatic carbocycles. The second kappa shape index (κ2) is 8.42. The Bertz CT molecular complexity index is 748. The lowest BCUT2D eigenvalue weighted by Crippen LogP contribution is -2.45. The molecule has 126 valence electrons. The van der Waals surface area contributed by atoms with Crippen LogP contribution in [0.1, 0.15) is 15.9 Å². The van der Waals surface area contributed by atoms with E-state index in [9.17, 15) is 9.59 Å². The number of hydrogen-bond donors (Lipinski definition) is 3. The molecule has 0 heterocycles. The van der Waals surface area contributed by atoms with Crippen molar-refractivity contribution in [2.75, 3.05) is 11.1 Å². The fourth-order valence-corrected chi connectivity index (χ4v) is 2.86. The normalized spacial score (nSPS) is 11.7. The Kier molecular flexibility index (Phi) is 6.54. The fourth-order valence-electron chi connectivity index (χ4n) is 2.07. The summed E-state index contributed by atoms with van der Waals surface area (Å²) in [5.74, 6) is -0.646. The van der Waals surface area contributed by atoms with Gasteiger partial charge in [-0.3, -0.25) is 9.59 Å². The predicted molar refractivity (Wildman–Crippen MR) is 101 cm³/mol. The first-order valence-corrected chi connectivity index (χ1v) is 8.53. The maximum atomic E-state index is 12.3. The number of hydrogen-bond acceptors (Lipinski definition) is 3. The van der Waals surface area contributed by atoms with Crippen molar-refractivity contribution in [1.82, 2.24) is 5.32 Å². The summed E-state index contributed by atoms with van der Waals surface area (Å²) in [4.78, 5) is 24.6. The van der Waals surface area contributed by atoms with E-state index in [1.54, 1.807) is 6.07 Å². The molecule has 0 spiro atoms. The van der Waals surface area contributed by atoms with Crippen LogP contribution < -0.4 is 10.6 Å². The predicted octanol–water partition coefficient (Wildman–Crippen LogP) is 3.97. The molecular weight excluding hydrogens is 367 g/mol. The molecule has 2 aromatic carbocycles. The Balaban J connectivity index is 2.07. The molecule has 0 radical (unpaired) electrons. The van der Waals surface area contributed by atoms with Crippen molar-refractivity contribution in [3.05, 3.63) is 63.6 Å². The van der Waals surface area contributed by atoms with Crippen LogP contribution in [0.15, 0.2) is 42.5 Å². The number of thiol groups is 1. The van der Waals surface area contributed by atoms with Gasteiger partial charge in [0.2, 0.25) is 5.91 Å². The third kappa shape index (κ3) is 5.16. The topological polar surface area (TPSA) is 58.2 Å². The molecule has 2 amide bonds. The smallest absolute Gasteiger partial charge is 0.252 e. The van der Waals surface area contributed by atoms with Gasteiger partial charge in [0.05, 0.1) is 0 Å². The lowest BCUT2D eigenvalue weighted by molar-refractivity contribution is -0.117. The van der Waals surface area contributed by atoms with Crippen LogP contribution in [0.5, 0.6) is 0 Å². The van der Waals surface area contributed by atoms with E-state index in [0.29, 0.717) is 15.7 Å². The van der Waals surface area contributed by atoms with E-state index in [1.807, 2.05) is 25.1 Å². The fraction of sp³-hybridized carbons (Fsp3) is 0.176. The van der Waals surface area contributed by atoms with Gasteiger partial charge in [-0.2, -0.15) is 12.6 Å². The van der Waals surface area contributed by atoms with Crippen LogP contribution in [-0.2, 0) is 4.79 Å². The first-order valence-electron chi connectivity index (χ1n) is 7.14. The molecule has 0 unspecified atom stereocenters. The quantitative estimate of drug-likeness (QED) is 0.685. The molecule has 0 aliphatic rings. The highest BCUT2D eigenvalue weighted by Crippen LogP contribution is 2.19. The van der Waals surface area contributed by atoms with Gasteiger partial charge < -0.3 is 10.6 Å². The van der Waals surface area contributed by atoms with Crippen LogP contribution in [-0.4, -0.2) is 23.6 Å². The first-order chi connectivity index (χ1) is 11.4. The number of amides is 2. The summed E-state index contributed by atoms with van der Waals surface area (Å²) >= 11 is 15.9. The average Bonchev–Trinajstić information content (AvgIpc) is 2.51. The van der Waals surface area contributed by atoms with E-state index in [-0.39, 0.29) is 17.2 Å². The number of anilines is 1. The second-order valence-corrected chi connectivity index (χ2v) is 6.46. The number of halogens is 2. The molecule has 0 bridgehead atoms. The number of carbonyl (C=O) groups is 2. The summed E-state index contributed by atoms with van der Waals surface area (Å²) in [5.41, 5.74) is 1.96. The van der Waals surface area contributed by atoms with E-state index in [4.69, 9.17) is 23.2 Å². The number of benzene rings is 2. The van der Waals surface area contributed by atoms with Crippen LogP contribution in [0.25, 0.3) is 0 Å². The van der Waals surface area contributed by atoms with Gasteiger partial charge in [0.1, 0.15) is 6.04 Å². The Hall–Kier alpha value is -1.69. The molecule has 2 rings (SSSR count). The van der Waals surface area contributed by atoms with Gasteiger partial charge in [0.15, 0.2) is 0 Å². The third-order valence-corrected chi connectivity index (χ3v) is 4.02. The number of nitrogens with one attached hydrogen (secondary N) is 2. The molecule has 0 fully saturated rings. The zero-order valence-electron chi connectivity index (χ0n) is 12.8. The third-order valence-electron chi connectivity index (χ3n) is 3.21. The van der Waals surface area contributed by atoms with Crippen LogP contribution >= 0.6 is 35.8 Å². The average molecular weight is 383 g/mol. The Labute approximate surface area is 155 Å². The molecule has 0 saturated heterocycles. The molecule has 0 aliphatic heterocycles. The highest BCUT2D eigenvalue weighted by Gasteiger charge is 2.20. The van der Waals surface area contributed by atoms with Gasteiger partial charge in [-0.1, -0.05) is 35.3 Å². The van der Waals surface area contributed by atoms with E-state index in [0.717, 1.165) is 5.56 Å². The molecule has 2 N–H and O–H groups in total. The van der Waals surface area contributed by atoms with Crippen molar-refractivity contribution in [3.8, 4) is 0 Å². The lowest BCUT2D eigenvalue weighted by atomic mass is 10.2. The number of aryl methyl sites for hydroxylation is 1. The van der Waals surface area contributed by atoms with E-state index in [1.165, 1.54) is 18.2 Å². The van der Waals surface area contributed by atoms with Crippen molar-refractivity contribution >= 4 is 53.3 Å². The van der Waals surface area contributed by atoms with E-state index >= 15 is 0 Å². The summed E-state index contributed by atoms with van der Waals surface area (Å²) in [5, 5.41) is 6.08. The summed E-state index contributed by atoms with van der Waals surface area (Å²) in [6, 6.07) is 11.1. The largest absolute Gasteiger partial charge is 0.339 e. The molecule has 24 heavy (non-hydrogen) atoms. The van der Waals surface area contributed by atoms with Crippen LogP contribution in [0, 0.1) is 6.92 Å². The van der Waals surface area contributed by atoms with Crippen molar-refractivity contribution in [2.24, 2.45) is 0 Å². The monoisotopic (exact) mass is 382 g/mol. The van der Waals surface area contributed by atoms with E-state index < -0.39 is 11.9 Å². The zero-order valence-corrected chi connectivity index (χ0v) is 15.3. The molecular formula is C17H16Cl2N2O2S. The second-order valence-electron chi connectivity index (χ2n) is 5.23. The SMILES string of the molecule is Cc1cccc(NC(=O)[C@@H](CS)NC(=O)c2cc(Cl)cc(Cl)c2)c1. The van der Waals surface area contributed by atoms with Gasteiger partial charge in [-0.15, -0.1) is 0 Å². The summed E-state index contributed by atoms with van der Waals surface area (Å²) in [6.07, 6.45) is 0. The number of carbonyl (C=O) groups excluding carboxylic acids is 2. The maximum absolute atomic E-state index is 12.3. The highest BCUT2D eigenvalue weighted by molar-refractivity contribution is 7.80. The van der Waals surface area contributed by atoms with Crippen molar-refractivity contribution in [1.29, 1.82) is 0 Å². The maximum Gasteiger partial charge on any atom is 0.252 e. The minimum absolute atomic E-state index is 0.150. The number of rotatable bonds is 5. The standard InChI is InChI=1S/C17H16Cl2N2O2S/c1-10-3-2-4-14(5-10)20-17(23)15(9-24)21-16(22)11-6-12(18)8-13(19)7-11/h2-8,15,24H,9H2,1H3,(H,20,23)(H,21,22)/t15-/m1/s1. The minimum atomic E-state index is -0.792. The zero-order chi connectivity index (χ0) is 17.7. The molecule has 0 aromatic heterocycles. The van der Waals surface area contributed by atoms with Crippen molar-refractivity contribution in [3.63, 3.8) is 0 Å². The van der Waals surface area contributed by atoms with Crippen molar-refractivity contribution < 1.29 is 9.59 Å². The molecule has 2 aromatic rings. The Morgan fingerprint density at radius 3 is 2.38 bits per heavy atom. The summed E-state index contributed by atoms with van der Waals surface area (Å²) < 4.78 is 0. The minimum Gasteiger partial charge on any atom is -0.339 e.